The van der Waals surface area contributed by atoms with E-state index >= 15 is 0 Å². The number of aromatic nitrogens is 2. The van der Waals surface area contributed by atoms with Gasteiger partial charge in [-0.05, 0) is 24.4 Å². The summed E-state index contributed by atoms with van der Waals surface area (Å²) in [5, 5.41) is 7.92. The highest BCUT2D eigenvalue weighted by Crippen LogP contribution is 2.30. The van der Waals surface area contributed by atoms with Crippen molar-refractivity contribution < 1.29 is 19.0 Å². The van der Waals surface area contributed by atoms with Gasteiger partial charge in [0.1, 0.15) is 12.2 Å². The van der Waals surface area contributed by atoms with Crippen molar-refractivity contribution in [3.05, 3.63) is 29.8 Å². The van der Waals surface area contributed by atoms with E-state index in [1.807, 2.05) is 30.5 Å². The van der Waals surface area contributed by atoms with Gasteiger partial charge in [-0.15, -0.1) is 11.3 Å². The normalized spacial score (nSPS) is 27.1. The third kappa shape index (κ3) is 3.50. The second-order valence-electron chi connectivity index (χ2n) is 6.06. The Morgan fingerprint density at radius 1 is 1.35 bits per heavy atom. The van der Waals surface area contributed by atoms with Crippen molar-refractivity contribution in [3.8, 4) is 10.6 Å². The van der Waals surface area contributed by atoms with Crippen molar-refractivity contribution in [1.82, 2.24) is 15.3 Å². The Labute approximate surface area is 154 Å². The van der Waals surface area contributed by atoms with Crippen molar-refractivity contribution in [2.75, 3.05) is 25.1 Å². The molecule has 0 aromatic carbocycles. The topological polar surface area (TPSA) is 94.6 Å². The lowest BCUT2D eigenvalue weighted by molar-refractivity contribution is 0.00462. The summed E-state index contributed by atoms with van der Waals surface area (Å²) in [6, 6.07) is 5.80. The van der Waals surface area contributed by atoms with E-state index in [-0.39, 0.29) is 18.2 Å². The van der Waals surface area contributed by atoms with Gasteiger partial charge in [-0.3, -0.25) is 0 Å². The zero-order valence-corrected chi connectivity index (χ0v) is 15.1. The maximum Gasteiger partial charge on any atom is 0.407 e. The van der Waals surface area contributed by atoms with Gasteiger partial charge in [-0.1, -0.05) is 6.07 Å². The fourth-order valence-corrected chi connectivity index (χ4v) is 3.86. The van der Waals surface area contributed by atoms with Gasteiger partial charge in [0.05, 0.1) is 29.8 Å². The number of nitrogens with one attached hydrogen (secondary N) is 2. The Kier molecular flexibility index (Phi) is 5.00. The summed E-state index contributed by atoms with van der Waals surface area (Å²) in [4.78, 5) is 21.6. The van der Waals surface area contributed by atoms with Crippen LogP contribution in [-0.4, -0.2) is 60.2 Å². The van der Waals surface area contributed by atoms with Gasteiger partial charge in [-0.2, -0.15) is 0 Å². The predicted molar refractivity (Wildman–Crippen MR) is 96.2 cm³/mol. The van der Waals surface area contributed by atoms with Crippen molar-refractivity contribution in [3.63, 3.8) is 0 Å². The van der Waals surface area contributed by atoms with Gasteiger partial charge < -0.3 is 24.8 Å². The molecular weight excluding hydrogens is 356 g/mol. The number of hydrogen-bond acceptors (Lipinski definition) is 8. The molecule has 2 fully saturated rings. The molecule has 4 heterocycles. The molecule has 1 amide bonds. The molecule has 138 valence electrons. The lowest BCUT2D eigenvalue weighted by Gasteiger charge is -2.18. The molecule has 2 saturated heterocycles. The van der Waals surface area contributed by atoms with Crippen LogP contribution in [0.4, 0.5) is 10.7 Å². The summed E-state index contributed by atoms with van der Waals surface area (Å²) in [5.41, 5.74) is 0.873. The molecule has 0 unspecified atom stereocenters. The number of rotatable bonds is 5. The molecule has 8 nitrogen and oxygen atoms in total. The first-order chi connectivity index (χ1) is 12.7. The van der Waals surface area contributed by atoms with E-state index in [2.05, 4.69) is 20.6 Å². The Morgan fingerprint density at radius 3 is 3.04 bits per heavy atom. The van der Waals surface area contributed by atoms with Crippen LogP contribution < -0.4 is 10.6 Å². The standard InChI is InChI=1S/C17H20N4O4S/c1-2-18-17(22)25-12-9-24-14-11(8-23-15(12)14)21-16-19-6-5-10(20-16)13-4-3-7-26-13/h3-7,11-12,14-15H,2,8-9H2,1H3,(H,18,22)(H,19,20,21)/t11-,12+,14+,15+/m0/s1. The number of nitrogens with zero attached hydrogens (tertiary/aromatic N) is 2. The van der Waals surface area contributed by atoms with E-state index in [0.717, 1.165) is 10.6 Å². The maximum atomic E-state index is 11.6. The van der Waals surface area contributed by atoms with Crippen LogP contribution in [0.15, 0.2) is 29.8 Å². The van der Waals surface area contributed by atoms with Gasteiger partial charge >= 0.3 is 6.09 Å². The molecule has 2 aromatic heterocycles. The highest BCUT2D eigenvalue weighted by atomic mass is 32.1. The average Bonchev–Trinajstić information content (AvgIpc) is 3.36. The molecule has 2 N–H and O–H groups in total. The fourth-order valence-electron chi connectivity index (χ4n) is 3.17. The summed E-state index contributed by atoms with van der Waals surface area (Å²) >= 11 is 1.63. The highest BCUT2D eigenvalue weighted by Gasteiger charge is 2.49. The van der Waals surface area contributed by atoms with Crippen molar-refractivity contribution in [2.24, 2.45) is 0 Å². The zero-order chi connectivity index (χ0) is 17.9. The summed E-state index contributed by atoms with van der Waals surface area (Å²) < 4.78 is 17.0. The molecule has 2 aliphatic heterocycles. The van der Waals surface area contributed by atoms with Crippen LogP contribution in [0, 0.1) is 0 Å². The first-order valence-corrected chi connectivity index (χ1v) is 9.43. The van der Waals surface area contributed by atoms with E-state index in [9.17, 15) is 4.79 Å². The third-order valence-corrected chi connectivity index (χ3v) is 5.22. The minimum atomic E-state index is -0.450. The molecule has 2 aliphatic rings. The quantitative estimate of drug-likeness (QED) is 0.823. The SMILES string of the molecule is CCNC(=O)O[C@@H]1CO[C@H]2[C@@H]1OC[C@@H]2Nc1nccc(-c2cccs2)n1. The second kappa shape index (κ2) is 7.56. The maximum absolute atomic E-state index is 11.6. The van der Waals surface area contributed by atoms with Crippen molar-refractivity contribution >= 4 is 23.4 Å². The summed E-state index contributed by atoms with van der Waals surface area (Å²) in [5.74, 6) is 0.529. The molecule has 0 saturated carbocycles. The van der Waals surface area contributed by atoms with Gasteiger partial charge in [0.2, 0.25) is 5.95 Å². The lowest BCUT2D eigenvalue weighted by atomic mass is 10.1. The minimum absolute atomic E-state index is 0.0959. The minimum Gasteiger partial charge on any atom is -0.441 e. The molecule has 0 aliphatic carbocycles. The van der Waals surface area contributed by atoms with Gasteiger partial charge in [0.15, 0.2) is 6.10 Å². The van der Waals surface area contributed by atoms with E-state index < -0.39 is 12.2 Å². The number of amides is 1. The van der Waals surface area contributed by atoms with E-state index in [4.69, 9.17) is 14.2 Å². The number of anilines is 1. The second-order valence-corrected chi connectivity index (χ2v) is 7.01. The van der Waals surface area contributed by atoms with Crippen LogP contribution in [0.1, 0.15) is 6.92 Å². The van der Waals surface area contributed by atoms with Crippen LogP contribution >= 0.6 is 11.3 Å². The molecule has 4 atom stereocenters. The first-order valence-electron chi connectivity index (χ1n) is 8.55. The number of ether oxygens (including phenoxy) is 3. The molecule has 0 spiro atoms. The van der Waals surface area contributed by atoms with Gasteiger partial charge in [0.25, 0.3) is 0 Å². The smallest absolute Gasteiger partial charge is 0.407 e. The summed E-state index contributed by atoms with van der Waals surface area (Å²) in [7, 11) is 0. The van der Waals surface area contributed by atoms with Crippen LogP contribution in [0.3, 0.4) is 0 Å². The highest BCUT2D eigenvalue weighted by molar-refractivity contribution is 7.13. The Balaban J connectivity index is 1.40. The summed E-state index contributed by atoms with van der Waals surface area (Å²) in [6.07, 6.45) is 0.387. The number of fused-ring (bicyclic) bond motifs is 1. The molecule has 9 heteroatoms. The molecule has 0 radical (unpaired) electrons. The van der Waals surface area contributed by atoms with Crippen LogP contribution in [0.2, 0.25) is 0 Å². The van der Waals surface area contributed by atoms with Crippen molar-refractivity contribution in [2.45, 2.75) is 31.3 Å². The number of carbonyl (C=O) groups excluding carboxylic acids is 1. The van der Waals surface area contributed by atoms with Gasteiger partial charge in [0, 0.05) is 12.7 Å². The zero-order valence-electron chi connectivity index (χ0n) is 14.3. The average molecular weight is 376 g/mol. The number of alkyl carbamates (subject to hydrolysis) is 1. The lowest BCUT2D eigenvalue weighted by Crippen LogP contribution is -2.39. The van der Waals surface area contributed by atoms with E-state index in [1.54, 1.807) is 17.5 Å². The van der Waals surface area contributed by atoms with E-state index in [0.29, 0.717) is 25.7 Å². The van der Waals surface area contributed by atoms with Gasteiger partial charge in [-0.25, -0.2) is 14.8 Å². The largest absolute Gasteiger partial charge is 0.441 e. The number of hydrogen-bond donors (Lipinski definition) is 2. The fraction of sp³-hybridized carbons (Fsp3) is 0.471. The Hall–Kier alpha value is -2.23. The number of thiophene rings is 1. The predicted octanol–water partition coefficient (Wildman–Crippen LogP) is 1.90. The molecule has 26 heavy (non-hydrogen) atoms. The summed E-state index contributed by atoms with van der Waals surface area (Å²) in [6.45, 7) is 3.12. The first kappa shape index (κ1) is 17.2. The number of carbonyl (C=O) groups is 1. The monoisotopic (exact) mass is 376 g/mol. The Morgan fingerprint density at radius 2 is 2.23 bits per heavy atom. The molecule has 2 aromatic rings. The van der Waals surface area contributed by atoms with E-state index in [1.165, 1.54) is 0 Å². The molecule has 4 rings (SSSR count). The molecular formula is C17H20N4O4S. The third-order valence-electron chi connectivity index (χ3n) is 4.33. The van der Waals surface area contributed by atoms with Crippen LogP contribution in [0.5, 0.6) is 0 Å². The molecule has 0 bridgehead atoms. The Bertz CT molecular complexity index is 757. The van der Waals surface area contributed by atoms with Crippen LogP contribution in [0.25, 0.3) is 10.6 Å². The van der Waals surface area contributed by atoms with Crippen LogP contribution in [-0.2, 0) is 14.2 Å². The van der Waals surface area contributed by atoms with Crippen molar-refractivity contribution in [1.29, 1.82) is 0 Å².